The van der Waals surface area contributed by atoms with E-state index < -0.39 is 17.9 Å². The Labute approximate surface area is 177 Å². The Kier molecular flexibility index (Phi) is 5.49. The van der Waals surface area contributed by atoms with Crippen LogP contribution in [0.3, 0.4) is 0 Å². The summed E-state index contributed by atoms with van der Waals surface area (Å²) in [5, 5.41) is 12.7. The molecule has 2 atom stereocenters. The van der Waals surface area contributed by atoms with Gasteiger partial charge < -0.3 is 10.4 Å². The molecule has 0 aliphatic heterocycles. The monoisotopic (exact) mass is 449 g/mol. The second kappa shape index (κ2) is 8.21. The number of hydrogen-bond acceptors (Lipinski definition) is 2. The van der Waals surface area contributed by atoms with Gasteiger partial charge in [0.25, 0.3) is 5.91 Å². The van der Waals surface area contributed by atoms with Crippen molar-refractivity contribution in [3.05, 3.63) is 105 Å². The number of carbonyl (C=O) groups is 2. The van der Waals surface area contributed by atoms with Crippen LogP contribution in [0, 0.1) is 5.92 Å². The summed E-state index contributed by atoms with van der Waals surface area (Å²) in [5.41, 5.74) is 4.42. The minimum Gasteiger partial charge on any atom is -0.481 e. The van der Waals surface area contributed by atoms with Crippen LogP contribution in [0.4, 0.5) is 0 Å². The Morgan fingerprint density at radius 2 is 1.72 bits per heavy atom. The molecule has 0 fully saturated rings. The van der Waals surface area contributed by atoms with E-state index >= 15 is 0 Å². The fraction of sp³-hybridized carbons (Fsp3) is 0.167. The molecule has 1 aliphatic rings. The van der Waals surface area contributed by atoms with Crippen molar-refractivity contribution in [2.75, 3.05) is 0 Å². The van der Waals surface area contributed by atoms with E-state index in [0.29, 0.717) is 18.4 Å². The van der Waals surface area contributed by atoms with Gasteiger partial charge in [0.2, 0.25) is 0 Å². The lowest BCUT2D eigenvalue weighted by Crippen LogP contribution is -2.35. The molecule has 2 unspecified atom stereocenters. The van der Waals surface area contributed by atoms with Crippen LogP contribution < -0.4 is 5.32 Å². The molecule has 0 saturated carbocycles. The molecular formula is C24H20BrNO3. The van der Waals surface area contributed by atoms with Crippen LogP contribution >= 0.6 is 15.9 Å². The van der Waals surface area contributed by atoms with E-state index in [4.69, 9.17) is 0 Å². The number of carboxylic acids is 1. The highest BCUT2D eigenvalue weighted by Gasteiger charge is 2.38. The molecule has 0 aromatic heterocycles. The van der Waals surface area contributed by atoms with Crippen molar-refractivity contribution in [2.45, 2.75) is 18.9 Å². The number of halogens is 1. The zero-order chi connectivity index (χ0) is 20.4. The first-order valence-corrected chi connectivity index (χ1v) is 10.3. The van der Waals surface area contributed by atoms with Crippen molar-refractivity contribution < 1.29 is 14.7 Å². The molecular weight excluding hydrogens is 430 g/mol. The standard InChI is InChI=1S/C24H20BrNO3/c25-18-10-11-20(17(13-18)12-15-6-2-1-3-7-15)23(27)26-22-19-9-5-4-8-16(19)14-21(22)24(28)29/h1-11,13,21-22H,12,14H2,(H,26,27)(H,28,29). The Hall–Kier alpha value is -2.92. The number of rotatable bonds is 5. The van der Waals surface area contributed by atoms with Gasteiger partial charge in [-0.3, -0.25) is 9.59 Å². The SMILES string of the molecule is O=C(NC1c2ccccc2CC1C(=O)O)c1ccc(Br)cc1Cc1ccccc1. The van der Waals surface area contributed by atoms with E-state index in [0.717, 1.165) is 26.7 Å². The van der Waals surface area contributed by atoms with Gasteiger partial charge in [-0.15, -0.1) is 0 Å². The maximum atomic E-state index is 13.2. The summed E-state index contributed by atoms with van der Waals surface area (Å²) in [4.78, 5) is 25.0. The second-order valence-electron chi connectivity index (χ2n) is 7.26. The topological polar surface area (TPSA) is 66.4 Å². The van der Waals surface area contributed by atoms with Crippen molar-refractivity contribution in [3.8, 4) is 0 Å². The highest BCUT2D eigenvalue weighted by Crippen LogP contribution is 2.36. The molecule has 3 aromatic carbocycles. The predicted molar refractivity (Wildman–Crippen MR) is 115 cm³/mol. The molecule has 0 spiro atoms. The van der Waals surface area contributed by atoms with Gasteiger partial charge in [-0.05, 0) is 53.3 Å². The van der Waals surface area contributed by atoms with Gasteiger partial charge in [0.05, 0.1) is 12.0 Å². The van der Waals surface area contributed by atoms with Crippen molar-refractivity contribution in [3.63, 3.8) is 0 Å². The molecule has 4 nitrogen and oxygen atoms in total. The molecule has 0 saturated heterocycles. The van der Waals surface area contributed by atoms with E-state index in [1.807, 2.05) is 66.7 Å². The number of fused-ring (bicyclic) bond motifs is 1. The number of carbonyl (C=O) groups excluding carboxylic acids is 1. The fourth-order valence-electron chi connectivity index (χ4n) is 3.97. The molecule has 0 heterocycles. The summed E-state index contributed by atoms with van der Waals surface area (Å²) in [6.07, 6.45) is 1.04. The van der Waals surface area contributed by atoms with Crippen LogP contribution in [0.2, 0.25) is 0 Å². The smallest absolute Gasteiger partial charge is 0.309 e. The molecule has 0 bridgehead atoms. The summed E-state index contributed by atoms with van der Waals surface area (Å²) in [5.74, 6) is -1.81. The summed E-state index contributed by atoms with van der Waals surface area (Å²) < 4.78 is 0.898. The average Bonchev–Trinajstić information content (AvgIpc) is 3.08. The summed E-state index contributed by atoms with van der Waals surface area (Å²) in [6, 6.07) is 22.6. The zero-order valence-corrected chi connectivity index (χ0v) is 17.2. The largest absolute Gasteiger partial charge is 0.481 e. The molecule has 5 heteroatoms. The lowest BCUT2D eigenvalue weighted by Gasteiger charge is -2.20. The van der Waals surface area contributed by atoms with Crippen molar-refractivity contribution >= 4 is 27.8 Å². The van der Waals surface area contributed by atoms with Gasteiger partial charge in [-0.2, -0.15) is 0 Å². The zero-order valence-electron chi connectivity index (χ0n) is 15.6. The molecule has 0 radical (unpaired) electrons. The number of carboxylic acid groups (broad SMARTS) is 1. The molecule has 3 aromatic rings. The van der Waals surface area contributed by atoms with Gasteiger partial charge in [0.15, 0.2) is 0 Å². The van der Waals surface area contributed by atoms with Gasteiger partial charge in [0.1, 0.15) is 0 Å². The normalized spacial score (nSPS) is 17.6. The van der Waals surface area contributed by atoms with Gasteiger partial charge in [-0.25, -0.2) is 0 Å². The fourth-order valence-corrected chi connectivity index (χ4v) is 4.38. The Bertz CT molecular complexity index is 1060. The highest BCUT2D eigenvalue weighted by atomic mass is 79.9. The lowest BCUT2D eigenvalue weighted by molar-refractivity contribution is -0.142. The van der Waals surface area contributed by atoms with Crippen molar-refractivity contribution in [2.24, 2.45) is 5.92 Å². The van der Waals surface area contributed by atoms with E-state index in [-0.39, 0.29) is 5.91 Å². The number of hydrogen-bond donors (Lipinski definition) is 2. The van der Waals surface area contributed by atoms with Crippen LogP contribution in [-0.2, 0) is 17.6 Å². The van der Waals surface area contributed by atoms with E-state index in [9.17, 15) is 14.7 Å². The first kappa shape index (κ1) is 19.4. The number of nitrogens with one attached hydrogen (secondary N) is 1. The van der Waals surface area contributed by atoms with E-state index in [1.165, 1.54) is 0 Å². The third-order valence-corrected chi connectivity index (χ3v) is 5.88. The van der Waals surface area contributed by atoms with Crippen LogP contribution in [-0.4, -0.2) is 17.0 Å². The van der Waals surface area contributed by atoms with Crippen molar-refractivity contribution in [1.82, 2.24) is 5.32 Å². The quantitative estimate of drug-likeness (QED) is 0.589. The highest BCUT2D eigenvalue weighted by molar-refractivity contribution is 9.10. The Morgan fingerprint density at radius 1 is 1.00 bits per heavy atom. The number of benzene rings is 3. The first-order valence-electron chi connectivity index (χ1n) is 9.47. The van der Waals surface area contributed by atoms with Crippen molar-refractivity contribution in [1.29, 1.82) is 0 Å². The third kappa shape index (κ3) is 4.10. The number of aliphatic carboxylic acids is 1. The summed E-state index contributed by atoms with van der Waals surface area (Å²) >= 11 is 3.49. The van der Waals surface area contributed by atoms with Crippen LogP contribution in [0.1, 0.15) is 38.7 Å². The maximum absolute atomic E-state index is 13.2. The van der Waals surface area contributed by atoms with Gasteiger partial charge in [-0.1, -0.05) is 70.5 Å². The second-order valence-corrected chi connectivity index (χ2v) is 8.18. The third-order valence-electron chi connectivity index (χ3n) is 5.39. The summed E-state index contributed by atoms with van der Waals surface area (Å²) in [6.45, 7) is 0. The van der Waals surface area contributed by atoms with Crippen LogP contribution in [0.5, 0.6) is 0 Å². The van der Waals surface area contributed by atoms with Crippen LogP contribution in [0.25, 0.3) is 0 Å². The first-order chi connectivity index (χ1) is 14.0. The average molecular weight is 450 g/mol. The summed E-state index contributed by atoms with van der Waals surface area (Å²) in [7, 11) is 0. The van der Waals surface area contributed by atoms with E-state index in [2.05, 4.69) is 21.2 Å². The molecule has 1 amide bonds. The maximum Gasteiger partial charge on any atom is 0.309 e. The Balaban J connectivity index is 1.64. The van der Waals surface area contributed by atoms with E-state index in [1.54, 1.807) is 6.07 Å². The predicted octanol–water partition coefficient (Wildman–Crippen LogP) is 4.77. The molecule has 2 N–H and O–H groups in total. The van der Waals surface area contributed by atoms with Gasteiger partial charge >= 0.3 is 5.97 Å². The Morgan fingerprint density at radius 3 is 2.48 bits per heavy atom. The minimum absolute atomic E-state index is 0.253. The van der Waals surface area contributed by atoms with Crippen LogP contribution in [0.15, 0.2) is 77.3 Å². The molecule has 29 heavy (non-hydrogen) atoms. The van der Waals surface area contributed by atoms with Gasteiger partial charge in [0, 0.05) is 10.0 Å². The number of amides is 1. The molecule has 4 rings (SSSR count). The minimum atomic E-state index is -0.896. The lowest BCUT2D eigenvalue weighted by atomic mass is 9.97. The molecule has 1 aliphatic carbocycles. The molecule has 146 valence electrons.